The van der Waals surface area contributed by atoms with Gasteiger partial charge in [-0.05, 0) is 18.6 Å². The Morgan fingerprint density at radius 3 is 2.47 bits per heavy atom. The average molecular weight is 205 g/mol. The van der Waals surface area contributed by atoms with Gasteiger partial charge in [-0.1, -0.05) is 31.5 Å². The number of carbonyl (C=O) groups excluding carboxylic acids is 2. The number of hydrogen-bond acceptors (Lipinski definition) is 2. The van der Waals surface area contributed by atoms with Crippen LogP contribution in [-0.4, -0.2) is 11.7 Å². The van der Waals surface area contributed by atoms with E-state index in [-0.39, 0.29) is 5.78 Å². The minimum atomic E-state index is -0.519. The van der Waals surface area contributed by atoms with Gasteiger partial charge in [-0.15, -0.1) is 0 Å². The molecule has 0 aromatic heterocycles. The van der Waals surface area contributed by atoms with Crippen LogP contribution < -0.4 is 5.32 Å². The summed E-state index contributed by atoms with van der Waals surface area (Å²) in [4.78, 5) is 22.7. The van der Waals surface area contributed by atoms with E-state index in [0.29, 0.717) is 12.1 Å². The van der Waals surface area contributed by atoms with Crippen LogP contribution in [0.15, 0.2) is 30.3 Å². The molecule has 0 radical (unpaired) electrons. The van der Waals surface area contributed by atoms with Gasteiger partial charge in [-0.3, -0.25) is 9.59 Å². The Labute approximate surface area is 89.5 Å². The average Bonchev–Trinajstić information content (AvgIpc) is 2.27. The number of rotatable bonds is 5. The molecule has 1 amide bonds. The highest BCUT2D eigenvalue weighted by Crippen LogP contribution is 2.05. The predicted molar refractivity (Wildman–Crippen MR) is 59.6 cm³/mol. The molecule has 0 fully saturated rings. The Morgan fingerprint density at radius 2 is 1.87 bits per heavy atom. The van der Waals surface area contributed by atoms with Crippen LogP contribution in [0.3, 0.4) is 0 Å². The molecule has 80 valence electrons. The van der Waals surface area contributed by atoms with Gasteiger partial charge in [0.15, 0.2) is 0 Å². The fourth-order valence-electron chi connectivity index (χ4n) is 1.17. The van der Waals surface area contributed by atoms with E-state index in [1.54, 1.807) is 12.1 Å². The molecule has 3 heteroatoms. The van der Waals surface area contributed by atoms with Crippen LogP contribution in [0.5, 0.6) is 0 Å². The van der Waals surface area contributed by atoms with Gasteiger partial charge >= 0.3 is 0 Å². The molecule has 15 heavy (non-hydrogen) atoms. The molecule has 1 N–H and O–H groups in total. The van der Waals surface area contributed by atoms with E-state index in [1.807, 2.05) is 25.1 Å². The van der Waals surface area contributed by atoms with Crippen molar-refractivity contribution in [2.75, 3.05) is 5.32 Å². The third-order valence-electron chi connectivity index (χ3n) is 2.04. The largest absolute Gasteiger partial charge is 0.319 e. The van der Waals surface area contributed by atoms with Crippen LogP contribution in [0.25, 0.3) is 0 Å². The van der Waals surface area contributed by atoms with Crippen LogP contribution >= 0.6 is 0 Å². The minimum absolute atomic E-state index is 0.329. The third kappa shape index (κ3) is 3.94. The van der Waals surface area contributed by atoms with Gasteiger partial charge in [0, 0.05) is 12.1 Å². The van der Waals surface area contributed by atoms with Crippen molar-refractivity contribution in [3.8, 4) is 0 Å². The molecule has 3 nitrogen and oxygen atoms in total. The number of benzene rings is 1. The summed E-state index contributed by atoms with van der Waals surface area (Å²) in [5.74, 6) is -0.865. The number of ketones is 1. The molecule has 1 aromatic carbocycles. The lowest BCUT2D eigenvalue weighted by Gasteiger charge is -2.03. The van der Waals surface area contributed by atoms with Crippen molar-refractivity contribution >= 4 is 17.4 Å². The highest BCUT2D eigenvalue weighted by Gasteiger charge is 2.12. The van der Waals surface area contributed by atoms with E-state index < -0.39 is 5.91 Å². The lowest BCUT2D eigenvalue weighted by atomic mass is 10.2. The number of nitrogens with one attached hydrogen (secondary N) is 1. The lowest BCUT2D eigenvalue weighted by molar-refractivity contribution is -0.134. The standard InChI is InChI=1S/C12H15NO2/c1-2-3-9-11(14)12(15)13-10-7-5-4-6-8-10/h4-8H,2-3,9H2,1H3,(H,13,15). The van der Waals surface area contributed by atoms with Crippen molar-refractivity contribution in [1.29, 1.82) is 0 Å². The summed E-state index contributed by atoms with van der Waals surface area (Å²) in [7, 11) is 0. The highest BCUT2D eigenvalue weighted by molar-refractivity contribution is 6.40. The Morgan fingerprint density at radius 1 is 1.20 bits per heavy atom. The Bertz CT molecular complexity index is 333. The number of Topliss-reactive ketones (excluding diaryl/α,β-unsaturated/α-hetero) is 1. The molecule has 0 unspecified atom stereocenters. The normalized spacial score (nSPS) is 9.67. The molecule has 0 spiro atoms. The van der Waals surface area contributed by atoms with E-state index in [0.717, 1.165) is 12.8 Å². The molecular weight excluding hydrogens is 190 g/mol. The monoisotopic (exact) mass is 205 g/mol. The zero-order chi connectivity index (χ0) is 11.1. The summed E-state index contributed by atoms with van der Waals surface area (Å²) in [6.45, 7) is 1.99. The summed E-state index contributed by atoms with van der Waals surface area (Å²) >= 11 is 0. The summed E-state index contributed by atoms with van der Waals surface area (Å²) < 4.78 is 0. The third-order valence-corrected chi connectivity index (χ3v) is 2.04. The second-order valence-electron chi connectivity index (χ2n) is 3.35. The van der Waals surface area contributed by atoms with Crippen LogP contribution in [0.2, 0.25) is 0 Å². The smallest absolute Gasteiger partial charge is 0.291 e. The Hall–Kier alpha value is -1.64. The Balaban J connectivity index is 2.45. The number of unbranched alkanes of at least 4 members (excludes halogenated alkanes) is 1. The van der Waals surface area contributed by atoms with Crippen molar-refractivity contribution in [2.24, 2.45) is 0 Å². The molecule has 0 heterocycles. The van der Waals surface area contributed by atoms with Crippen LogP contribution in [0.4, 0.5) is 5.69 Å². The van der Waals surface area contributed by atoms with Gasteiger partial charge in [-0.2, -0.15) is 0 Å². The number of para-hydroxylation sites is 1. The second kappa shape index (κ2) is 5.96. The van der Waals surface area contributed by atoms with E-state index in [2.05, 4.69) is 5.32 Å². The molecular formula is C12H15NO2. The predicted octanol–water partition coefficient (Wildman–Crippen LogP) is 2.38. The zero-order valence-corrected chi connectivity index (χ0v) is 8.82. The van der Waals surface area contributed by atoms with Crippen molar-refractivity contribution in [3.05, 3.63) is 30.3 Å². The molecule has 0 aliphatic rings. The van der Waals surface area contributed by atoms with Crippen molar-refractivity contribution in [2.45, 2.75) is 26.2 Å². The van der Waals surface area contributed by atoms with Gasteiger partial charge in [-0.25, -0.2) is 0 Å². The summed E-state index contributed by atoms with van der Waals surface area (Å²) in [5.41, 5.74) is 0.660. The Kier molecular flexibility index (Phi) is 4.54. The minimum Gasteiger partial charge on any atom is -0.319 e. The number of amides is 1. The van der Waals surface area contributed by atoms with Gasteiger partial charge < -0.3 is 5.32 Å². The van der Waals surface area contributed by atoms with Gasteiger partial charge in [0.2, 0.25) is 5.78 Å². The van der Waals surface area contributed by atoms with E-state index in [4.69, 9.17) is 0 Å². The molecule has 1 rings (SSSR count). The fraction of sp³-hybridized carbons (Fsp3) is 0.333. The first-order chi connectivity index (χ1) is 7.24. The maximum atomic E-state index is 11.4. The molecule has 0 saturated heterocycles. The van der Waals surface area contributed by atoms with Crippen molar-refractivity contribution in [3.63, 3.8) is 0 Å². The first-order valence-corrected chi connectivity index (χ1v) is 5.13. The molecule has 1 aromatic rings. The van der Waals surface area contributed by atoms with Gasteiger partial charge in [0.25, 0.3) is 5.91 Å². The van der Waals surface area contributed by atoms with E-state index in [9.17, 15) is 9.59 Å². The lowest BCUT2D eigenvalue weighted by Crippen LogP contribution is -2.22. The SMILES string of the molecule is CCCCC(=O)C(=O)Nc1ccccc1. The molecule has 0 saturated carbocycles. The molecule has 0 atom stereocenters. The second-order valence-corrected chi connectivity index (χ2v) is 3.35. The molecule has 0 aliphatic carbocycles. The van der Waals surface area contributed by atoms with Gasteiger partial charge in [0.1, 0.15) is 0 Å². The number of hydrogen-bond donors (Lipinski definition) is 1. The fourth-order valence-corrected chi connectivity index (χ4v) is 1.17. The van der Waals surface area contributed by atoms with Crippen LogP contribution in [0.1, 0.15) is 26.2 Å². The zero-order valence-electron chi connectivity index (χ0n) is 8.82. The van der Waals surface area contributed by atoms with E-state index in [1.165, 1.54) is 0 Å². The summed E-state index contributed by atoms with van der Waals surface area (Å²) in [6.07, 6.45) is 2.01. The highest BCUT2D eigenvalue weighted by atomic mass is 16.2. The molecule has 0 bridgehead atoms. The van der Waals surface area contributed by atoms with Crippen molar-refractivity contribution in [1.82, 2.24) is 0 Å². The first kappa shape index (κ1) is 11.4. The van der Waals surface area contributed by atoms with Crippen molar-refractivity contribution < 1.29 is 9.59 Å². The maximum absolute atomic E-state index is 11.4. The van der Waals surface area contributed by atoms with Crippen LogP contribution in [-0.2, 0) is 9.59 Å². The summed E-state index contributed by atoms with van der Waals surface area (Å²) in [6, 6.07) is 8.99. The summed E-state index contributed by atoms with van der Waals surface area (Å²) in [5, 5.41) is 2.56. The number of anilines is 1. The van der Waals surface area contributed by atoms with Crippen LogP contribution in [0, 0.1) is 0 Å². The first-order valence-electron chi connectivity index (χ1n) is 5.13. The van der Waals surface area contributed by atoms with E-state index >= 15 is 0 Å². The molecule has 0 aliphatic heterocycles. The quantitative estimate of drug-likeness (QED) is 0.750. The number of carbonyl (C=O) groups is 2. The topological polar surface area (TPSA) is 46.2 Å². The maximum Gasteiger partial charge on any atom is 0.291 e. The van der Waals surface area contributed by atoms with Gasteiger partial charge in [0.05, 0.1) is 0 Å².